The molecule has 3 N–H and O–H groups in total. The Hall–Kier alpha value is -1.67. The average Bonchev–Trinajstić information content (AvgIpc) is 2.35. The van der Waals surface area contributed by atoms with Crippen LogP contribution in [0.15, 0.2) is 39.3 Å². The Morgan fingerprint density at radius 3 is 2.50 bits per heavy atom. The molecule has 0 radical (unpaired) electrons. The summed E-state index contributed by atoms with van der Waals surface area (Å²) in [4.78, 5) is 8.19. The van der Waals surface area contributed by atoms with Crippen LogP contribution in [0.4, 0.5) is 23.1 Å². The topological polar surface area (TPSA) is 93.3 Å². The number of nitrogen functional groups attached to an aromatic ring is 1. The third kappa shape index (κ3) is 4.17. The Morgan fingerprint density at radius 1 is 1.30 bits per heavy atom. The first kappa shape index (κ1) is 14.7. The highest BCUT2D eigenvalue weighted by atomic mass is 79.9. The van der Waals surface area contributed by atoms with Crippen LogP contribution in [0.3, 0.4) is 0 Å². The third-order valence-electron chi connectivity index (χ3n) is 2.22. The molecule has 1 heterocycles. The Morgan fingerprint density at radius 2 is 1.95 bits per heavy atom. The Labute approximate surface area is 126 Å². The van der Waals surface area contributed by atoms with Crippen LogP contribution in [-0.2, 0) is 9.73 Å². The van der Waals surface area contributed by atoms with Crippen LogP contribution in [0, 0.1) is 0 Å². The number of halogens is 1. The summed E-state index contributed by atoms with van der Waals surface area (Å²) in [6.45, 7) is 0. The molecule has 6 nitrogen and oxygen atoms in total. The van der Waals surface area contributed by atoms with Crippen molar-refractivity contribution in [3.8, 4) is 0 Å². The molecule has 2 rings (SSSR count). The van der Waals surface area contributed by atoms with E-state index >= 15 is 0 Å². The van der Waals surface area contributed by atoms with Gasteiger partial charge in [0.25, 0.3) is 0 Å². The summed E-state index contributed by atoms with van der Waals surface area (Å²) in [7, 11) is -2.15. The van der Waals surface area contributed by atoms with E-state index in [0.717, 1.165) is 5.69 Å². The SMILES string of the molecule is CS(C)(=O)=Nc1ccc(Nc2ncc(Br)c(N)n2)cc1. The lowest BCUT2D eigenvalue weighted by Gasteiger charge is -2.06. The van der Waals surface area contributed by atoms with E-state index in [-0.39, 0.29) is 0 Å². The highest BCUT2D eigenvalue weighted by Gasteiger charge is 2.02. The molecule has 0 aliphatic rings. The monoisotopic (exact) mass is 355 g/mol. The van der Waals surface area contributed by atoms with E-state index in [4.69, 9.17) is 5.73 Å². The van der Waals surface area contributed by atoms with Crippen molar-refractivity contribution in [2.75, 3.05) is 23.6 Å². The fourth-order valence-corrected chi connectivity index (χ4v) is 2.25. The number of nitrogens with two attached hydrogens (primary N) is 1. The van der Waals surface area contributed by atoms with Gasteiger partial charge >= 0.3 is 0 Å². The first-order valence-corrected chi connectivity index (χ1v) is 8.78. The maximum atomic E-state index is 11.6. The predicted octanol–water partition coefficient (Wildman–Crippen LogP) is 2.92. The van der Waals surface area contributed by atoms with Gasteiger partial charge in [-0.05, 0) is 40.2 Å². The summed E-state index contributed by atoms with van der Waals surface area (Å²) >= 11 is 3.23. The van der Waals surface area contributed by atoms with Crippen LogP contribution in [0.1, 0.15) is 0 Å². The molecule has 0 aliphatic carbocycles. The number of benzene rings is 1. The third-order valence-corrected chi connectivity index (χ3v) is 3.48. The number of aromatic nitrogens is 2. The van der Waals surface area contributed by atoms with Gasteiger partial charge < -0.3 is 11.1 Å². The molecule has 0 bridgehead atoms. The molecule has 0 spiro atoms. The van der Waals surface area contributed by atoms with E-state index in [0.29, 0.717) is 21.9 Å². The van der Waals surface area contributed by atoms with Gasteiger partial charge in [-0.15, -0.1) is 0 Å². The minimum absolute atomic E-state index is 0.367. The second-order valence-corrected chi connectivity index (χ2v) is 7.77. The molecular weight excluding hydrogens is 342 g/mol. The second-order valence-electron chi connectivity index (χ2n) is 4.37. The van der Waals surface area contributed by atoms with Crippen LogP contribution >= 0.6 is 15.9 Å². The largest absolute Gasteiger partial charge is 0.383 e. The number of nitrogens with zero attached hydrogens (tertiary/aromatic N) is 3. The molecule has 106 valence electrons. The number of hydrogen-bond donors (Lipinski definition) is 2. The van der Waals surface area contributed by atoms with Gasteiger partial charge in [-0.25, -0.2) is 9.19 Å². The molecule has 0 amide bonds. The standard InChI is InChI=1S/C12H14BrN5OS/c1-20(2,19)18-9-5-3-8(4-6-9)16-12-15-7-10(13)11(14)17-12/h3-7H,1-2H3,(H3,14,15,16,17). The van der Waals surface area contributed by atoms with Crippen LogP contribution in [0.5, 0.6) is 0 Å². The van der Waals surface area contributed by atoms with E-state index in [9.17, 15) is 4.21 Å². The fraction of sp³-hybridized carbons (Fsp3) is 0.167. The summed E-state index contributed by atoms with van der Waals surface area (Å²) in [6.07, 6.45) is 4.77. The van der Waals surface area contributed by atoms with Crippen molar-refractivity contribution in [2.45, 2.75) is 0 Å². The summed E-state index contributed by atoms with van der Waals surface area (Å²) < 4.78 is 16.3. The molecule has 0 aliphatic heterocycles. The number of hydrogen-bond acceptors (Lipinski definition) is 6. The van der Waals surface area contributed by atoms with E-state index in [1.807, 2.05) is 12.1 Å². The van der Waals surface area contributed by atoms with Crippen molar-refractivity contribution in [3.05, 3.63) is 34.9 Å². The van der Waals surface area contributed by atoms with Crippen molar-refractivity contribution in [1.29, 1.82) is 0 Å². The first-order valence-electron chi connectivity index (χ1n) is 5.66. The van der Waals surface area contributed by atoms with Crippen LogP contribution in [0.25, 0.3) is 0 Å². The Bertz CT molecular complexity index is 730. The number of rotatable bonds is 3. The van der Waals surface area contributed by atoms with Crippen LogP contribution < -0.4 is 11.1 Å². The quantitative estimate of drug-likeness (QED) is 0.882. The van der Waals surface area contributed by atoms with E-state index in [1.54, 1.807) is 30.8 Å². The molecule has 1 aromatic heterocycles. The van der Waals surface area contributed by atoms with Crippen molar-refractivity contribution < 1.29 is 4.21 Å². The van der Waals surface area contributed by atoms with Crippen molar-refractivity contribution in [2.24, 2.45) is 4.36 Å². The van der Waals surface area contributed by atoms with Gasteiger partial charge in [0.1, 0.15) is 5.82 Å². The zero-order valence-electron chi connectivity index (χ0n) is 11.0. The normalized spacial score (nSPS) is 11.2. The fourth-order valence-electron chi connectivity index (χ4n) is 1.43. The lowest BCUT2D eigenvalue weighted by Crippen LogP contribution is -2.00. The number of anilines is 3. The van der Waals surface area contributed by atoms with Gasteiger partial charge in [0.15, 0.2) is 0 Å². The highest BCUT2D eigenvalue weighted by Crippen LogP contribution is 2.21. The lowest BCUT2D eigenvalue weighted by atomic mass is 10.3. The minimum atomic E-state index is -2.15. The smallest absolute Gasteiger partial charge is 0.229 e. The summed E-state index contributed by atoms with van der Waals surface area (Å²) in [5.74, 6) is 0.774. The van der Waals surface area contributed by atoms with E-state index < -0.39 is 9.73 Å². The zero-order chi connectivity index (χ0) is 14.8. The molecule has 0 atom stereocenters. The Balaban J connectivity index is 2.19. The Kier molecular flexibility index (Phi) is 4.24. The number of nitrogens with one attached hydrogen (secondary N) is 1. The maximum absolute atomic E-state index is 11.6. The molecule has 2 aromatic rings. The molecule has 0 saturated heterocycles. The van der Waals surface area contributed by atoms with Gasteiger partial charge in [-0.2, -0.15) is 9.35 Å². The van der Waals surface area contributed by atoms with E-state index in [2.05, 4.69) is 35.6 Å². The van der Waals surface area contributed by atoms with E-state index in [1.165, 1.54) is 0 Å². The molecule has 1 aromatic carbocycles. The van der Waals surface area contributed by atoms with Gasteiger partial charge in [-0.3, -0.25) is 0 Å². The van der Waals surface area contributed by atoms with Gasteiger partial charge in [0, 0.05) is 34.1 Å². The predicted molar refractivity (Wildman–Crippen MR) is 85.9 cm³/mol. The second kappa shape index (κ2) is 5.76. The summed E-state index contributed by atoms with van der Waals surface area (Å²) in [6, 6.07) is 7.17. The van der Waals surface area contributed by atoms with Crippen molar-refractivity contribution in [3.63, 3.8) is 0 Å². The summed E-state index contributed by atoms with van der Waals surface area (Å²) in [5.41, 5.74) is 7.15. The van der Waals surface area contributed by atoms with Gasteiger partial charge in [0.05, 0.1) is 10.2 Å². The van der Waals surface area contributed by atoms with Crippen molar-refractivity contribution >= 4 is 48.8 Å². The van der Waals surface area contributed by atoms with Crippen molar-refractivity contribution in [1.82, 2.24) is 9.97 Å². The van der Waals surface area contributed by atoms with Gasteiger partial charge in [0.2, 0.25) is 5.95 Å². The maximum Gasteiger partial charge on any atom is 0.229 e. The lowest BCUT2D eigenvalue weighted by molar-refractivity contribution is 0.684. The highest BCUT2D eigenvalue weighted by molar-refractivity contribution is 9.10. The molecule has 20 heavy (non-hydrogen) atoms. The zero-order valence-corrected chi connectivity index (χ0v) is 13.4. The molecule has 0 saturated carbocycles. The van der Waals surface area contributed by atoms with Crippen LogP contribution in [-0.4, -0.2) is 26.7 Å². The average molecular weight is 356 g/mol. The first-order chi connectivity index (χ1) is 9.33. The molecule has 8 heteroatoms. The van der Waals surface area contributed by atoms with Gasteiger partial charge in [-0.1, -0.05) is 0 Å². The summed E-state index contributed by atoms with van der Waals surface area (Å²) in [5, 5.41) is 3.03. The molecule has 0 unspecified atom stereocenters. The molecule has 0 fully saturated rings. The minimum Gasteiger partial charge on any atom is -0.383 e. The molecular formula is C12H14BrN5OS. The van der Waals surface area contributed by atoms with Crippen LogP contribution in [0.2, 0.25) is 0 Å².